The molecule has 2 nitrogen and oxygen atoms in total. The number of rotatable bonds is 7. The molecule has 0 aliphatic rings. The van der Waals surface area contributed by atoms with E-state index in [-0.39, 0.29) is 0 Å². The Kier molecular flexibility index (Phi) is 5.55. The number of nitrogens with zero attached hydrogens (tertiary/aromatic N) is 1. The van der Waals surface area contributed by atoms with Crippen molar-refractivity contribution in [2.75, 3.05) is 6.54 Å². The molecule has 0 aliphatic heterocycles. The van der Waals surface area contributed by atoms with E-state index in [1.165, 1.54) is 17.0 Å². The number of aromatic nitrogens is 1. The van der Waals surface area contributed by atoms with Crippen molar-refractivity contribution in [2.24, 2.45) is 0 Å². The zero-order valence-electron chi connectivity index (χ0n) is 11.7. The van der Waals surface area contributed by atoms with Crippen molar-refractivity contribution in [3.05, 3.63) is 40.7 Å². The zero-order valence-corrected chi connectivity index (χ0v) is 12.5. The number of hydrogen-bond donors (Lipinski definition) is 1. The molecule has 1 unspecified atom stereocenters. The molecular formula is C16H22N2S. The van der Waals surface area contributed by atoms with Crippen molar-refractivity contribution in [1.29, 1.82) is 0 Å². The quantitative estimate of drug-likeness (QED) is 0.821. The van der Waals surface area contributed by atoms with Crippen LogP contribution < -0.4 is 5.32 Å². The average Bonchev–Trinajstić information content (AvgIpc) is 2.93. The molecule has 0 amide bonds. The molecule has 102 valence electrons. The van der Waals surface area contributed by atoms with Gasteiger partial charge in [0.25, 0.3) is 0 Å². The van der Waals surface area contributed by atoms with Gasteiger partial charge in [0.2, 0.25) is 0 Å². The lowest BCUT2D eigenvalue weighted by Crippen LogP contribution is -2.31. The molecule has 1 aromatic carbocycles. The molecule has 0 fully saturated rings. The summed E-state index contributed by atoms with van der Waals surface area (Å²) in [6.45, 7) is 5.53. The van der Waals surface area contributed by atoms with Crippen molar-refractivity contribution in [1.82, 2.24) is 10.3 Å². The van der Waals surface area contributed by atoms with Gasteiger partial charge in [-0.25, -0.2) is 4.98 Å². The smallest absolute Gasteiger partial charge is 0.0948 e. The zero-order chi connectivity index (χ0) is 13.5. The molecule has 0 saturated carbocycles. The van der Waals surface area contributed by atoms with E-state index in [0.717, 1.165) is 25.1 Å². The molecule has 0 bridgehead atoms. The highest BCUT2D eigenvalue weighted by Gasteiger charge is 2.10. The van der Waals surface area contributed by atoms with Crippen LogP contribution in [0.3, 0.4) is 0 Å². The highest BCUT2D eigenvalue weighted by Crippen LogP contribution is 2.22. The van der Waals surface area contributed by atoms with Crippen LogP contribution in [-0.4, -0.2) is 17.6 Å². The van der Waals surface area contributed by atoms with Gasteiger partial charge in [0.1, 0.15) is 0 Å². The van der Waals surface area contributed by atoms with Gasteiger partial charge in [-0.1, -0.05) is 44.2 Å². The summed E-state index contributed by atoms with van der Waals surface area (Å²) in [7, 11) is 0. The second kappa shape index (κ2) is 7.41. The van der Waals surface area contributed by atoms with Crippen LogP contribution in [0.1, 0.15) is 31.7 Å². The molecule has 0 aliphatic carbocycles. The monoisotopic (exact) mass is 274 g/mol. The second-order valence-corrected chi connectivity index (χ2v) is 5.70. The van der Waals surface area contributed by atoms with E-state index in [9.17, 15) is 0 Å². The molecule has 2 aromatic rings. The van der Waals surface area contributed by atoms with Gasteiger partial charge < -0.3 is 5.32 Å². The third-order valence-corrected chi connectivity index (χ3v) is 4.09. The van der Waals surface area contributed by atoms with Gasteiger partial charge in [-0.05, 0) is 19.4 Å². The first kappa shape index (κ1) is 14.2. The summed E-state index contributed by atoms with van der Waals surface area (Å²) in [6, 6.07) is 10.9. The number of thiazole rings is 1. The first-order chi connectivity index (χ1) is 9.33. The van der Waals surface area contributed by atoms with Crippen molar-refractivity contribution >= 4 is 11.3 Å². The topological polar surface area (TPSA) is 24.9 Å². The molecule has 2 rings (SSSR count). The van der Waals surface area contributed by atoms with E-state index in [0.29, 0.717) is 6.04 Å². The van der Waals surface area contributed by atoms with Crippen LogP contribution in [0.15, 0.2) is 35.7 Å². The van der Waals surface area contributed by atoms with Crippen LogP contribution in [0.2, 0.25) is 0 Å². The molecule has 0 spiro atoms. The standard InChI is InChI=1S/C16H22N2S/c1-3-10-17-14(4-2)11-16-18-15(12-19-16)13-8-6-5-7-9-13/h5-9,12,14,17H,3-4,10-11H2,1-2H3. The van der Waals surface area contributed by atoms with Crippen molar-refractivity contribution in [3.63, 3.8) is 0 Å². The van der Waals surface area contributed by atoms with E-state index in [1.54, 1.807) is 11.3 Å². The molecule has 1 heterocycles. The number of hydrogen-bond acceptors (Lipinski definition) is 3. The summed E-state index contributed by atoms with van der Waals surface area (Å²) in [5.74, 6) is 0. The first-order valence-corrected chi connectivity index (χ1v) is 7.94. The summed E-state index contributed by atoms with van der Waals surface area (Å²) < 4.78 is 0. The van der Waals surface area contributed by atoms with Crippen molar-refractivity contribution < 1.29 is 0 Å². The minimum atomic E-state index is 0.551. The minimum Gasteiger partial charge on any atom is -0.314 e. The van der Waals surface area contributed by atoms with E-state index < -0.39 is 0 Å². The molecule has 1 aromatic heterocycles. The van der Waals surface area contributed by atoms with Gasteiger partial charge in [0, 0.05) is 23.4 Å². The summed E-state index contributed by atoms with van der Waals surface area (Å²) in [5, 5.41) is 6.98. The Bertz CT molecular complexity index is 479. The van der Waals surface area contributed by atoms with Crippen molar-refractivity contribution in [3.8, 4) is 11.3 Å². The highest BCUT2D eigenvalue weighted by molar-refractivity contribution is 7.09. The fourth-order valence-corrected chi connectivity index (χ4v) is 2.95. The van der Waals surface area contributed by atoms with Gasteiger partial charge >= 0.3 is 0 Å². The Hall–Kier alpha value is -1.19. The Morgan fingerprint density at radius 2 is 2.00 bits per heavy atom. The Balaban J connectivity index is 2.01. The fourth-order valence-electron chi connectivity index (χ4n) is 2.07. The van der Waals surface area contributed by atoms with Crippen molar-refractivity contribution in [2.45, 2.75) is 39.2 Å². The predicted octanol–water partition coefficient (Wildman–Crippen LogP) is 4.13. The maximum absolute atomic E-state index is 4.75. The molecule has 19 heavy (non-hydrogen) atoms. The van der Waals surface area contributed by atoms with Gasteiger partial charge in [-0.3, -0.25) is 0 Å². The fraction of sp³-hybridized carbons (Fsp3) is 0.438. The molecule has 0 saturated heterocycles. The minimum absolute atomic E-state index is 0.551. The molecule has 1 N–H and O–H groups in total. The first-order valence-electron chi connectivity index (χ1n) is 7.06. The summed E-state index contributed by atoms with van der Waals surface area (Å²) in [4.78, 5) is 4.75. The molecular weight excluding hydrogens is 252 g/mol. The van der Waals surface area contributed by atoms with Gasteiger partial charge in [-0.15, -0.1) is 11.3 Å². The summed E-state index contributed by atoms with van der Waals surface area (Å²) in [6.07, 6.45) is 3.37. The normalized spacial score (nSPS) is 12.5. The largest absolute Gasteiger partial charge is 0.314 e. The lowest BCUT2D eigenvalue weighted by Gasteiger charge is -2.14. The van der Waals surface area contributed by atoms with E-state index in [4.69, 9.17) is 4.98 Å². The molecule has 0 radical (unpaired) electrons. The van der Waals surface area contributed by atoms with Gasteiger partial charge in [0.05, 0.1) is 10.7 Å². The van der Waals surface area contributed by atoms with E-state index in [1.807, 2.05) is 6.07 Å². The number of benzene rings is 1. The van der Waals surface area contributed by atoms with Crippen LogP contribution in [0.5, 0.6) is 0 Å². The summed E-state index contributed by atoms with van der Waals surface area (Å²) >= 11 is 1.77. The SMILES string of the molecule is CCCNC(CC)Cc1nc(-c2ccccc2)cs1. The average molecular weight is 274 g/mol. The third kappa shape index (κ3) is 4.15. The van der Waals surface area contributed by atoms with Crippen LogP contribution in [0.4, 0.5) is 0 Å². The van der Waals surface area contributed by atoms with E-state index in [2.05, 4.69) is 48.8 Å². The number of nitrogens with one attached hydrogen (secondary N) is 1. The van der Waals surface area contributed by atoms with E-state index >= 15 is 0 Å². The van der Waals surface area contributed by atoms with Crippen LogP contribution in [-0.2, 0) is 6.42 Å². The Morgan fingerprint density at radius 3 is 2.68 bits per heavy atom. The summed E-state index contributed by atoms with van der Waals surface area (Å²) in [5.41, 5.74) is 2.31. The maximum Gasteiger partial charge on any atom is 0.0948 e. The van der Waals surface area contributed by atoms with Crippen LogP contribution in [0, 0.1) is 0 Å². The Labute approximate surface area is 119 Å². The third-order valence-electron chi connectivity index (χ3n) is 3.22. The highest BCUT2D eigenvalue weighted by atomic mass is 32.1. The molecule has 3 heteroatoms. The lowest BCUT2D eigenvalue weighted by molar-refractivity contribution is 0.494. The second-order valence-electron chi connectivity index (χ2n) is 4.76. The lowest BCUT2D eigenvalue weighted by atomic mass is 10.1. The van der Waals surface area contributed by atoms with Crippen LogP contribution >= 0.6 is 11.3 Å². The van der Waals surface area contributed by atoms with Gasteiger partial charge in [-0.2, -0.15) is 0 Å². The molecule has 1 atom stereocenters. The Morgan fingerprint density at radius 1 is 1.21 bits per heavy atom. The predicted molar refractivity (Wildman–Crippen MR) is 83.6 cm³/mol. The maximum atomic E-state index is 4.75. The van der Waals surface area contributed by atoms with Gasteiger partial charge in [0.15, 0.2) is 0 Å². The van der Waals surface area contributed by atoms with Crippen LogP contribution in [0.25, 0.3) is 11.3 Å².